The van der Waals surface area contributed by atoms with Crippen molar-refractivity contribution in [1.82, 2.24) is 10.2 Å². The second-order valence-corrected chi connectivity index (χ2v) is 7.61. The quantitative estimate of drug-likeness (QED) is 0.563. The van der Waals surface area contributed by atoms with Crippen LogP contribution in [0.4, 0.5) is 0 Å². The Hall–Kier alpha value is -2.82. The van der Waals surface area contributed by atoms with Crippen LogP contribution in [0.1, 0.15) is 50.3 Å². The first-order chi connectivity index (χ1) is 14.4. The van der Waals surface area contributed by atoms with Crippen LogP contribution in [-0.2, 0) is 22.6 Å². The van der Waals surface area contributed by atoms with Gasteiger partial charge in [0.15, 0.2) is 6.61 Å². The number of nitrogens with zero attached hydrogens (tertiary/aromatic N) is 1. The number of aryl methyl sites for hydroxylation is 2. The minimum Gasteiger partial charge on any atom is -0.484 e. The van der Waals surface area contributed by atoms with E-state index in [1.165, 1.54) is 5.56 Å². The molecule has 0 bridgehead atoms. The van der Waals surface area contributed by atoms with Crippen LogP contribution in [-0.4, -0.2) is 35.9 Å². The fourth-order valence-electron chi connectivity index (χ4n) is 3.06. The summed E-state index contributed by atoms with van der Waals surface area (Å²) in [6.07, 6.45) is 2.88. The molecule has 5 nitrogen and oxygen atoms in total. The lowest BCUT2D eigenvalue weighted by molar-refractivity contribution is -0.142. The SMILES string of the molecule is CCCCNC(=O)[C@H](C)N(Cc1ccc(C)cc1)C(=O)COc1ccc(CC)cc1. The molecule has 30 heavy (non-hydrogen) atoms. The van der Waals surface area contributed by atoms with Crippen molar-refractivity contribution in [3.63, 3.8) is 0 Å². The lowest BCUT2D eigenvalue weighted by atomic mass is 10.1. The largest absolute Gasteiger partial charge is 0.484 e. The molecule has 2 rings (SSSR count). The van der Waals surface area contributed by atoms with Crippen molar-refractivity contribution in [1.29, 1.82) is 0 Å². The molecule has 0 aromatic heterocycles. The van der Waals surface area contributed by atoms with Gasteiger partial charge in [0.25, 0.3) is 5.91 Å². The molecule has 1 N–H and O–H groups in total. The summed E-state index contributed by atoms with van der Waals surface area (Å²) < 4.78 is 5.71. The zero-order valence-electron chi connectivity index (χ0n) is 18.6. The Labute approximate surface area is 180 Å². The minimum atomic E-state index is -0.582. The lowest BCUT2D eigenvalue weighted by Gasteiger charge is -2.28. The standard InChI is InChI=1S/C25H34N2O3/c1-5-7-16-26-25(29)20(4)27(17-22-10-8-19(3)9-11-22)24(28)18-30-23-14-12-21(6-2)13-15-23/h8-15,20H,5-7,16-18H2,1-4H3,(H,26,29)/t20-/m0/s1. The van der Waals surface area contributed by atoms with Crippen molar-refractivity contribution in [2.24, 2.45) is 0 Å². The predicted molar refractivity (Wildman–Crippen MR) is 120 cm³/mol. The smallest absolute Gasteiger partial charge is 0.261 e. The van der Waals surface area contributed by atoms with Gasteiger partial charge in [0, 0.05) is 13.1 Å². The number of benzene rings is 2. The zero-order chi connectivity index (χ0) is 21.9. The number of amides is 2. The summed E-state index contributed by atoms with van der Waals surface area (Å²) in [6, 6.07) is 15.1. The molecule has 0 aliphatic carbocycles. The number of hydrogen-bond donors (Lipinski definition) is 1. The van der Waals surface area contributed by atoms with Gasteiger partial charge in [-0.1, -0.05) is 62.2 Å². The van der Waals surface area contributed by atoms with Crippen molar-refractivity contribution in [3.8, 4) is 5.75 Å². The molecule has 2 aromatic rings. The third-order valence-electron chi connectivity index (χ3n) is 5.16. The maximum absolute atomic E-state index is 13.0. The summed E-state index contributed by atoms with van der Waals surface area (Å²) in [5, 5.41) is 2.93. The molecule has 2 aromatic carbocycles. The normalized spacial score (nSPS) is 11.6. The van der Waals surface area contributed by atoms with Gasteiger partial charge in [-0.15, -0.1) is 0 Å². The molecule has 0 heterocycles. The number of carbonyl (C=O) groups excluding carboxylic acids is 2. The molecule has 0 unspecified atom stereocenters. The summed E-state index contributed by atoms with van der Waals surface area (Å²) in [5.41, 5.74) is 3.35. The van der Waals surface area contributed by atoms with Crippen LogP contribution >= 0.6 is 0 Å². The molecule has 0 spiro atoms. The monoisotopic (exact) mass is 410 g/mol. The number of ether oxygens (including phenoxy) is 1. The van der Waals surface area contributed by atoms with Gasteiger partial charge in [0.1, 0.15) is 11.8 Å². The van der Waals surface area contributed by atoms with E-state index in [2.05, 4.69) is 19.2 Å². The van der Waals surface area contributed by atoms with Crippen LogP contribution < -0.4 is 10.1 Å². The summed E-state index contributed by atoms with van der Waals surface area (Å²) >= 11 is 0. The van der Waals surface area contributed by atoms with E-state index >= 15 is 0 Å². The minimum absolute atomic E-state index is 0.107. The maximum atomic E-state index is 13.0. The van der Waals surface area contributed by atoms with Crippen molar-refractivity contribution < 1.29 is 14.3 Å². The fraction of sp³-hybridized carbons (Fsp3) is 0.440. The molecular weight excluding hydrogens is 376 g/mol. The van der Waals surface area contributed by atoms with E-state index in [4.69, 9.17) is 4.74 Å². The van der Waals surface area contributed by atoms with E-state index in [1.54, 1.807) is 11.8 Å². The zero-order valence-corrected chi connectivity index (χ0v) is 18.6. The van der Waals surface area contributed by atoms with Gasteiger partial charge in [-0.3, -0.25) is 9.59 Å². The number of unbranched alkanes of at least 4 members (excludes halogenated alkanes) is 1. The maximum Gasteiger partial charge on any atom is 0.261 e. The van der Waals surface area contributed by atoms with E-state index in [9.17, 15) is 9.59 Å². The molecule has 0 fully saturated rings. The average Bonchev–Trinajstić information content (AvgIpc) is 2.77. The topological polar surface area (TPSA) is 58.6 Å². The summed E-state index contributed by atoms with van der Waals surface area (Å²) in [6.45, 7) is 8.83. The molecule has 0 aliphatic heterocycles. The number of nitrogens with one attached hydrogen (secondary N) is 1. The second kappa shape index (κ2) is 12.0. The third-order valence-corrected chi connectivity index (χ3v) is 5.16. The van der Waals surface area contributed by atoms with Gasteiger partial charge >= 0.3 is 0 Å². The Balaban J connectivity index is 2.08. The molecule has 0 saturated carbocycles. The fourth-order valence-corrected chi connectivity index (χ4v) is 3.06. The second-order valence-electron chi connectivity index (χ2n) is 7.61. The summed E-state index contributed by atoms with van der Waals surface area (Å²) in [7, 11) is 0. The molecule has 0 radical (unpaired) electrons. The van der Waals surface area contributed by atoms with Crippen LogP contribution in [0.2, 0.25) is 0 Å². The number of carbonyl (C=O) groups is 2. The van der Waals surface area contributed by atoms with Crippen LogP contribution in [0.5, 0.6) is 5.75 Å². The molecule has 2 amide bonds. The van der Waals surface area contributed by atoms with Crippen LogP contribution in [0, 0.1) is 6.92 Å². The van der Waals surface area contributed by atoms with Gasteiger partial charge in [0.05, 0.1) is 0 Å². The number of rotatable bonds is 11. The molecule has 5 heteroatoms. The van der Waals surface area contributed by atoms with Crippen LogP contribution in [0.3, 0.4) is 0 Å². The van der Waals surface area contributed by atoms with Crippen LogP contribution in [0.25, 0.3) is 0 Å². The van der Waals surface area contributed by atoms with Gasteiger partial charge in [-0.05, 0) is 49.9 Å². The first kappa shape index (κ1) is 23.5. The van der Waals surface area contributed by atoms with E-state index in [-0.39, 0.29) is 18.4 Å². The Kier molecular flexibility index (Phi) is 9.39. The lowest BCUT2D eigenvalue weighted by Crippen LogP contribution is -2.49. The van der Waals surface area contributed by atoms with Gasteiger partial charge < -0.3 is 15.0 Å². The van der Waals surface area contributed by atoms with Gasteiger partial charge in [-0.2, -0.15) is 0 Å². The molecule has 162 valence electrons. The summed E-state index contributed by atoms with van der Waals surface area (Å²) in [5.74, 6) is 0.292. The third kappa shape index (κ3) is 7.21. The Morgan fingerprint density at radius 1 is 1.00 bits per heavy atom. The molecule has 0 saturated heterocycles. The summed E-state index contributed by atoms with van der Waals surface area (Å²) in [4.78, 5) is 27.2. The number of hydrogen-bond acceptors (Lipinski definition) is 3. The highest BCUT2D eigenvalue weighted by atomic mass is 16.5. The van der Waals surface area contributed by atoms with Gasteiger partial charge in [-0.25, -0.2) is 0 Å². The van der Waals surface area contributed by atoms with Crippen molar-refractivity contribution in [2.75, 3.05) is 13.2 Å². The Bertz CT molecular complexity index is 800. The average molecular weight is 411 g/mol. The highest BCUT2D eigenvalue weighted by molar-refractivity contribution is 5.87. The Morgan fingerprint density at radius 3 is 2.23 bits per heavy atom. The van der Waals surface area contributed by atoms with Crippen molar-refractivity contribution >= 4 is 11.8 Å². The molecular formula is C25H34N2O3. The van der Waals surface area contributed by atoms with E-state index in [1.807, 2.05) is 55.5 Å². The highest BCUT2D eigenvalue weighted by Crippen LogP contribution is 2.15. The first-order valence-corrected chi connectivity index (χ1v) is 10.8. The molecule has 1 atom stereocenters. The Morgan fingerprint density at radius 2 is 1.63 bits per heavy atom. The van der Waals surface area contributed by atoms with E-state index in [0.717, 1.165) is 30.4 Å². The van der Waals surface area contributed by atoms with E-state index < -0.39 is 6.04 Å². The van der Waals surface area contributed by atoms with Crippen molar-refractivity contribution in [2.45, 2.75) is 59.5 Å². The van der Waals surface area contributed by atoms with Crippen molar-refractivity contribution in [3.05, 3.63) is 65.2 Å². The predicted octanol–water partition coefficient (Wildman–Crippen LogP) is 4.27. The van der Waals surface area contributed by atoms with Gasteiger partial charge in [0.2, 0.25) is 5.91 Å². The van der Waals surface area contributed by atoms with E-state index in [0.29, 0.717) is 18.8 Å². The first-order valence-electron chi connectivity index (χ1n) is 10.8. The van der Waals surface area contributed by atoms with Crippen LogP contribution in [0.15, 0.2) is 48.5 Å². The molecule has 0 aliphatic rings. The highest BCUT2D eigenvalue weighted by Gasteiger charge is 2.26.